The molecule has 1 aliphatic carbocycles. The third-order valence-electron chi connectivity index (χ3n) is 3.28. The molecule has 2 fully saturated rings. The molecule has 94 valence electrons. The van der Waals surface area contributed by atoms with E-state index in [4.69, 9.17) is 14.2 Å². The number of rotatable bonds is 2. The first-order valence-corrected chi connectivity index (χ1v) is 5.47. The number of carbonyl (C=O) groups is 3. The molecule has 2 aliphatic rings. The van der Waals surface area contributed by atoms with E-state index in [1.165, 1.54) is 14.0 Å². The van der Waals surface area contributed by atoms with Gasteiger partial charge in [0, 0.05) is 19.3 Å². The Kier molecular flexibility index (Phi) is 3.04. The Labute approximate surface area is 98.2 Å². The Bertz CT molecular complexity index is 363. The molecule has 0 spiro atoms. The first-order valence-electron chi connectivity index (χ1n) is 5.47. The highest BCUT2D eigenvalue weighted by molar-refractivity contribution is 5.79. The molecule has 2 rings (SSSR count). The van der Waals surface area contributed by atoms with Crippen molar-refractivity contribution < 1.29 is 28.6 Å². The zero-order valence-corrected chi connectivity index (χ0v) is 9.67. The van der Waals surface area contributed by atoms with Gasteiger partial charge >= 0.3 is 17.9 Å². The molecule has 4 atom stereocenters. The number of carbonyl (C=O) groups excluding carboxylic acids is 3. The Morgan fingerprint density at radius 1 is 1.41 bits per heavy atom. The van der Waals surface area contributed by atoms with E-state index < -0.39 is 24.0 Å². The van der Waals surface area contributed by atoms with Crippen LogP contribution in [0.15, 0.2) is 0 Å². The molecular formula is C11H14O6. The Balaban J connectivity index is 2.16. The van der Waals surface area contributed by atoms with E-state index in [2.05, 4.69) is 0 Å². The van der Waals surface area contributed by atoms with Gasteiger partial charge in [-0.2, -0.15) is 0 Å². The molecule has 0 aromatic heterocycles. The minimum atomic E-state index is -0.597. The van der Waals surface area contributed by atoms with Crippen molar-refractivity contribution >= 4 is 17.9 Å². The fourth-order valence-electron chi connectivity index (χ4n) is 2.66. The van der Waals surface area contributed by atoms with Crippen molar-refractivity contribution in [2.75, 3.05) is 7.11 Å². The van der Waals surface area contributed by atoms with Crippen molar-refractivity contribution in [3.05, 3.63) is 0 Å². The first kappa shape index (κ1) is 11.9. The predicted molar refractivity (Wildman–Crippen MR) is 53.7 cm³/mol. The maximum Gasteiger partial charge on any atom is 0.312 e. The van der Waals surface area contributed by atoms with Gasteiger partial charge in [0.2, 0.25) is 0 Å². The van der Waals surface area contributed by atoms with Crippen LogP contribution in [0.1, 0.15) is 19.8 Å². The molecule has 1 aliphatic heterocycles. The molecule has 1 heterocycles. The van der Waals surface area contributed by atoms with E-state index in [1.54, 1.807) is 0 Å². The second-order valence-electron chi connectivity index (χ2n) is 4.33. The molecule has 0 radical (unpaired) electrons. The Morgan fingerprint density at radius 3 is 2.71 bits per heavy atom. The van der Waals surface area contributed by atoms with E-state index in [1.807, 2.05) is 0 Å². The van der Waals surface area contributed by atoms with Gasteiger partial charge in [-0.1, -0.05) is 0 Å². The van der Waals surface area contributed by atoms with E-state index in [-0.39, 0.29) is 24.4 Å². The van der Waals surface area contributed by atoms with Crippen molar-refractivity contribution in [2.24, 2.45) is 11.8 Å². The largest absolute Gasteiger partial charge is 0.469 e. The third-order valence-corrected chi connectivity index (χ3v) is 3.28. The lowest BCUT2D eigenvalue weighted by Crippen LogP contribution is -2.32. The average molecular weight is 242 g/mol. The summed E-state index contributed by atoms with van der Waals surface area (Å²) in [4.78, 5) is 33.8. The molecule has 0 N–H and O–H groups in total. The summed E-state index contributed by atoms with van der Waals surface area (Å²) in [5.74, 6) is -2.05. The van der Waals surface area contributed by atoms with Crippen LogP contribution >= 0.6 is 0 Å². The lowest BCUT2D eigenvalue weighted by Gasteiger charge is -2.19. The lowest BCUT2D eigenvalue weighted by molar-refractivity contribution is -0.158. The van der Waals surface area contributed by atoms with E-state index in [9.17, 15) is 14.4 Å². The summed E-state index contributed by atoms with van der Waals surface area (Å²) >= 11 is 0. The summed E-state index contributed by atoms with van der Waals surface area (Å²) in [6.45, 7) is 1.29. The topological polar surface area (TPSA) is 78.9 Å². The summed E-state index contributed by atoms with van der Waals surface area (Å²) in [5, 5.41) is 0. The van der Waals surface area contributed by atoms with Gasteiger partial charge in [-0.15, -0.1) is 0 Å². The van der Waals surface area contributed by atoms with Crippen LogP contribution in [0.3, 0.4) is 0 Å². The predicted octanol–water partition coefficient (Wildman–Crippen LogP) is 0.0427. The lowest BCUT2D eigenvalue weighted by atomic mass is 9.92. The molecule has 0 aromatic carbocycles. The maximum absolute atomic E-state index is 11.7. The average Bonchev–Trinajstić information content (AvgIpc) is 2.71. The van der Waals surface area contributed by atoms with Crippen molar-refractivity contribution in [2.45, 2.75) is 32.0 Å². The maximum atomic E-state index is 11.7. The Morgan fingerprint density at radius 2 is 2.12 bits per heavy atom. The Hall–Kier alpha value is -1.59. The first-order chi connectivity index (χ1) is 8.02. The number of hydrogen-bond donors (Lipinski definition) is 0. The molecule has 6 nitrogen and oxygen atoms in total. The zero-order chi connectivity index (χ0) is 12.6. The van der Waals surface area contributed by atoms with Crippen LogP contribution in [0, 0.1) is 11.8 Å². The van der Waals surface area contributed by atoms with Crippen molar-refractivity contribution in [3.63, 3.8) is 0 Å². The molecule has 0 amide bonds. The van der Waals surface area contributed by atoms with Crippen LogP contribution in [0.4, 0.5) is 0 Å². The van der Waals surface area contributed by atoms with Crippen LogP contribution < -0.4 is 0 Å². The van der Waals surface area contributed by atoms with E-state index in [0.717, 1.165) is 0 Å². The van der Waals surface area contributed by atoms with Crippen LogP contribution in [0.5, 0.6) is 0 Å². The SMILES string of the molecule is COC(=O)[C@@H]1[C@H]2CC(=O)O[C@H]2C[C@H]1OC(C)=O. The van der Waals surface area contributed by atoms with Gasteiger partial charge in [-0.05, 0) is 0 Å². The molecule has 1 saturated heterocycles. The van der Waals surface area contributed by atoms with Crippen molar-refractivity contribution in [1.29, 1.82) is 0 Å². The minimum Gasteiger partial charge on any atom is -0.469 e. The van der Waals surface area contributed by atoms with Gasteiger partial charge < -0.3 is 14.2 Å². The van der Waals surface area contributed by atoms with Gasteiger partial charge in [0.1, 0.15) is 18.1 Å². The van der Waals surface area contributed by atoms with E-state index in [0.29, 0.717) is 6.42 Å². The van der Waals surface area contributed by atoms with Crippen LogP contribution in [-0.4, -0.2) is 37.2 Å². The number of fused-ring (bicyclic) bond motifs is 1. The third kappa shape index (κ3) is 2.11. The molecule has 0 bridgehead atoms. The number of ether oxygens (including phenoxy) is 3. The quantitative estimate of drug-likeness (QED) is 0.502. The zero-order valence-electron chi connectivity index (χ0n) is 9.67. The molecule has 0 unspecified atom stereocenters. The van der Waals surface area contributed by atoms with Gasteiger partial charge in [0.25, 0.3) is 0 Å². The number of hydrogen-bond acceptors (Lipinski definition) is 6. The van der Waals surface area contributed by atoms with Crippen LogP contribution in [-0.2, 0) is 28.6 Å². The fraction of sp³-hybridized carbons (Fsp3) is 0.727. The van der Waals surface area contributed by atoms with Crippen LogP contribution in [0.25, 0.3) is 0 Å². The second kappa shape index (κ2) is 4.35. The van der Waals surface area contributed by atoms with E-state index >= 15 is 0 Å². The van der Waals surface area contributed by atoms with Gasteiger partial charge in [-0.25, -0.2) is 0 Å². The summed E-state index contributed by atoms with van der Waals surface area (Å²) in [5.41, 5.74) is 0. The molecule has 6 heteroatoms. The monoisotopic (exact) mass is 242 g/mol. The summed E-state index contributed by atoms with van der Waals surface area (Å²) < 4.78 is 14.9. The molecular weight excluding hydrogens is 228 g/mol. The standard InChI is InChI=1S/C11H14O6/c1-5(12)16-8-4-7-6(3-9(13)17-7)10(8)11(14)15-2/h6-8,10H,3-4H2,1-2H3/t6-,7-,8+,10+/m0/s1. The highest BCUT2D eigenvalue weighted by Crippen LogP contribution is 2.43. The van der Waals surface area contributed by atoms with Gasteiger partial charge in [0.05, 0.1) is 13.5 Å². The molecule has 1 saturated carbocycles. The van der Waals surface area contributed by atoms with Gasteiger partial charge in [0.15, 0.2) is 0 Å². The highest BCUT2D eigenvalue weighted by atomic mass is 16.6. The second-order valence-corrected chi connectivity index (χ2v) is 4.33. The molecule has 0 aromatic rings. The van der Waals surface area contributed by atoms with Crippen molar-refractivity contribution in [3.8, 4) is 0 Å². The summed E-state index contributed by atoms with van der Waals surface area (Å²) in [6.07, 6.45) is -0.336. The summed E-state index contributed by atoms with van der Waals surface area (Å²) in [6, 6.07) is 0. The van der Waals surface area contributed by atoms with Crippen molar-refractivity contribution in [1.82, 2.24) is 0 Å². The molecule has 17 heavy (non-hydrogen) atoms. The highest BCUT2D eigenvalue weighted by Gasteiger charge is 2.55. The normalized spacial score (nSPS) is 35.1. The summed E-state index contributed by atoms with van der Waals surface area (Å²) in [7, 11) is 1.28. The van der Waals surface area contributed by atoms with Gasteiger partial charge in [-0.3, -0.25) is 14.4 Å². The number of methoxy groups -OCH3 is 1. The number of esters is 3. The van der Waals surface area contributed by atoms with Crippen LogP contribution in [0.2, 0.25) is 0 Å². The minimum absolute atomic E-state index is 0.183. The smallest absolute Gasteiger partial charge is 0.312 e. The fourth-order valence-corrected chi connectivity index (χ4v) is 2.66.